The average Bonchev–Trinajstić information content (AvgIpc) is 3.21. The van der Waals surface area contributed by atoms with Gasteiger partial charge >= 0.3 is 12.2 Å². The van der Waals surface area contributed by atoms with Crippen LogP contribution in [0.25, 0.3) is 0 Å². The lowest BCUT2D eigenvalue weighted by Gasteiger charge is -2.53. The SMILES string of the molecule is [B]C(O)(O)N1C(=O)OC2(CCN(C3CC4(CCN(C(=O)OCC)C4)C3)CC2)C1CC. The molecule has 4 aliphatic rings. The molecule has 0 aromatic rings. The Hall–Kier alpha value is -1.52. The van der Waals surface area contributed by atoms with Crippen molar-refractivity contribution < 1.29 is 29.3 Å². The Bertz CT molecular complexity index is 685. The average molecular weight is 421 g/mol. The first-order valence-corrected chi connectivity index (χ1v) is 11.0. The molecule has 1 atom stereocenters. The number of nitrogens with zero attached hydrogens (tertiary/aromatic N) is 3. The molecule has 2 spiro atoms. The van der Waals surface area contributed by atoms with Crippen LogP contribution in [0.15, 0.2) is 0 Å². The maximum absolute atomic E-state index is 12.3. The molecular formula is C20H32BN3O6. The summed E-state index contributed by atoms with van der Waals surface area (Å²) in [5.41, 5.74) is -0.518. The third-order valence-corrected chi connectivity index (χ3v) is 7.61. The molecule has 0 bridgehead atoms. The van der Waals surface area contributed by atoms with E-state index in [0.717, 1.165) is 50.3 Å². The zero-order chi connectivity index (χ0) is 21.7. The quantitative estimate of drug-likeness (QED) is 0.512. The van der Waals surface area contributed by atoms with Crippen LogP contribution in [0.1, 0.15) is 52.4 Å². The summed E-state index contributed by atoms with van der Waals surface area (Å²) in [6.45, 7) is 7.23. The van der Waals surface area contributed by atoms with Crippen molar-refractivity contribution in [3.8, 4) is 0 Å². The molecule has 30 heavy (non-hydrogen) atoms. The highest BCUT2D eigenvalue weighted by Gasteiger charge is 2.59. The van der Waals surface area contributed by atoms with Gasteiger partial charge in [-0.3, -0.25) is 4.90 Å². The van der Waals surface area contributed by atoms with E-state index >= 15 is 0 Å². The van der Waals surface area contributed by atoms with E-state index in [1.165, 1.54) is 0 Å². The molecule has 3 aliphatic heterocycles. The van der Waals surface area contributed by atoms with E-state index in [2.05, 4.69) is 4.90 Å². The fourth-order valence-corrected chi connectivity index (χ4v) is 6.11. The highest BCUT2D eigenvalue weighted by molar-refractivity contribution is 6.13. The van der Waals surface area contributed by atoms with Crippen molar-refractivity contribution >= 4 is 20.0 Å². The van der Waals surface area contributed by atoms with E-state index in [9.17, 15) is 19.8 Å². The van der Waals surface area contributed by atoms with E-state index in [-0.39, 0.29) is 11.5 Å². The van der Waals surface area contributed by atoms with E-state index in [0.29, 0.717) is 31.9 Å². The summed E-state index contributed by atoms with van der Waals surface area (Å²) in [5.74, 6) is -2.72. The monoisotopic (exact) mass is 421 g/mol. The van der Waals surface area contributed by atoms with Crippen molar-refractivity contribution in [3.05, 3.63) is 0 Å². The van der Waals surface area contributed by atoms with Crippen LogP contribution in [-0.4, -0.2) is 101 Å². The summed E-state index contributed by atoms with van der Waals surface area (Å²) in [4.78, 5) is 29.4. The summed E-state index contributed by atoms with van der Waals surface area (Å²) in [7, 11) is 5.40. The molecule has 3 saturated heterocycles. The predicted molar refractivity (Wildman–Crippen MR) is 108 cm³/mol. The Balaban J connectivity index is 1.32. The molecule has 3 heterocycles. The molecule has 1 saturated carbocycles. The zero-order valence-corrected chi connectivity index (χ0v) is 17.9. The normalized spacial score (nSPS) is 33.8. The van der Waals surface area contributed by atoms with Crippen LogP contribution in [0.4, 0.5) is 9.59 Å². The standard InChI is InChI=1S/C20H32BN3O6/c1-3-15-19(30-17(26)24(15)20(21,27)28)6-9-22(10-7-19)14-11-18(12-14)5-8-23(13-18)16(25)29-4-2/h14-15,27-28H,3-13H2,1-2H3. The number of amides is 2. The second-order valence-corrected chi connectivity index (χ2v) is 9.38. The maximum atomic E-state index is 12.3. The Kier molecular flexibility index (Phi) is 5.47. The van der Waals surface area contributed by atoms with Crippen molar-refractivity contribution in [2.45, 2.75) is 75.9 Å². The van der Waals surface area contributed by atoms with Crippen molar-refractivity contribution in [3.63, 3.8) is 0 Å². The largest absolute Gasteiger partial charge is 0.450 e. The minimum atomic E-state index is -2.72. The summed E-state index contributed by atoms with van der Waals surface area (Å²) in [6.07, 6.45) is 3.99. The summed E-state index contributed by atoms with van der Waals surface area (Å²) < 4.78 is 10.8. The van der Waals surface area contributed by atoms with E-state index < -0.39 is 23.5 Å². The summed E-state index contributed by atoms with van der Waals surface area (Å²) in [6, 6.07) is 0.00918. The van der Waals surface area contributed by atoms with Gasteiger partial charge < -0.3 is 29.5 Å². The predicted octanol–water partition coefficient (Wildman–Crippen LogP) is 0.827. The number of carbonyl (C=O) groups excluding carboxylic acids is 2. The number of hydrogen-bond donors (Lipinski definition) is 2. The van der Waals surface area contributed by atoms with Crippen molar-refractivity contribution in [2.75, 3.05) is 32.8 Å². The molecule has 10 heteroatoms. The van der Waals surface area contributed by atoms with Crippen LogP contribution in [0, 0.1) is 5.41 Å². The second-order valence-electron chi connectivity index (χ2n) is 9.38. The highest BCUT2D eigenvalue weighted by Crippen LogP contribution is 2.51. The van der Waals surface area contributed by atoms with Gasteiger partial charge in [-0.15, -0.1) is 0 Å². The van der Waals surface area contributed by atoms with Gasteiger partial charge in [0.1, 0.15) is 5.60 Å². The molecule has 1 aliphatic carbocycles. The van der Waals surface area contributed by atoms with E-state index in [1.807, 2.05) is 18.7 Å². The fraction of sp³-hybridized carbons (Fsp3) is 0.900. The Morgan fingerprint density at radius 3 is 2.47 bits per heavy atom. The Morgan fingerprint density at radius 2 is 1.90 bits per heavy atom. The molecule has 4 fully saturated rings. The molecule has 2 amide bonds. The van der Waals surface area contributed by atoms with Gasteiger partial charge in [0.25, 0.3) is 0 Å². The lowest BCUT2D eigenvalue weighted by molar-refractivity contribution is -0.187. The van der Waals surface area contributed by atoms with Gasteiger partial charge in [-0.05, 0) is 38.0 Å². The van der Waals surface area contributed by atoms with Gasteiger partial charge in [0, 0.05) is 45.1 Å². The first-order chi connectivity index (χ1) is 14.1. The molecular weight excluding hydrogens is 389 g/mol. The summed E-state index contributed by atoms with van der Waals surface area (Å²) in [5, 5.41) is 19.6. The number of hydrogen-bond acceptors (Lipinski definition) is 7. The minimum absolute atomic E-state index is 0.209. The second kappa shape index (κ2) is 7.56. The maximum Gasteiger partial charge on any atom is 0.414 e. The van der Waals surface area contributed by atoms with Gasteiger partial charge in [0.15, 0.2) is 13.7 Å². The molecule has 4 rings (SSSR count). The minimum Gasteiger partial charge on any atom is -0.450 e. The van der Waals surface area contributed by atoms with Crippen LogP contribution in [0.5, 0.6) is 0 Å². The number of aliphatic hydroxyl groups is 2. The third kappa shape index (κ3) is 3.56. The molecule has 2 radical (unpaired) electrons. The van der Waals surface area contributed by atoms with Crippen molar-refractivity contribution in [1.29, 1.82) is 0 Å². The smallest absolute Gasteiger partial charge is 0.414 e. The van der Waals surface area contributed by atoms with Crippen LogP contribution in [0.3, 0.4) is 0 Å². The molecule has 9 nitrogen and oxygen atoms in total. The Morgan fingerprint density at radius 1 is 1.23 bits per heavy atom. The van der Waals surface area contributed by atoms with Gasteiger partial charge in [0.05, 0.1) is 12.6 Å². The van der Waals surface area contributed by atoms with Crippen LogP contribution in [0.2, 0.25) is 0 Å². The van der Waals surface area contributed by atoms with E-state index in [4.69, 9.17) is 17.3 Å². The van der Waals surface area contributed by atoms with Crippen LogP contribution >= 0.6 is 0 Å². The Labute approximate surface area is 178 Å². The third-order valence-electron chi connectivity index (χ3n) is 7.61. The van der Waals surface area contributed by atoms with Crippen molar-refractivity contribution in [2.24, 2.45) is 5.41 Å². The number of ether oxygens (including phenoxy) is 2. The van der Waals surface area contributed by atoms with Gasteiger partial charge in [-0.1, -0.05) is 6.92 Å². The molecule has 2 N–H and O–H groups in total. The summed E-state index contributed by atoms with van der Waals surface area (Å²) >= 11 is 0. The topological polar surface area (TPSA) is 103 Å². The zero-order valence-electron chi connectivity index (χ0n) is 17.9. The fourth-order valence-electron chi connectivity index (χ4n) is 6.11. The first-order valence-electron chi connectivity index (χ1n) is 11.0. The molecule has 0 aromatic heterocycles. The first kappa shape index (κ1) is 21.7. The lowest BCUT2D eigenvalue weighted by atomic mass is 9.64. The van der Waals surface area contributed by atoms with E-state index in [1.54, 1.807) is 0 Å². The molecule has 1 unspecified atom stereocenters. The van der Waals surface area contributed by atoms with Crippen LogP contribution < -0.4 is 0 Å². The number of rotatable bonds is 4. The highest BCUT2D eigenvalue weighted by atomic mass is 16.6. The number of likely N-dealkylation sites (tertiary alicyclic amines) is 2. The molecule has 166 valence electrons. The number of piperidine rings is 1. The van der Waals surface area contributed by atoms with Gasteiger partial charge in [-0.25, -0.2) is 9.59 Å². The number of carbonyl (C=O) groups is 2. The van der Waals surface area contributed by atoms with Gasteiger partial charge in [-0.2, -0.15) is 0 Å². The van der Waals surface area contributed by atoms with Crippen molar-refractivity contribution in [1.82, 2.24) is 14.7 Å². The van der Waals surface area contributed by atoms with Gasteiger partial charge in [0.2, 0.25) is 0 Å². The van der Waals surface area contributed by atoms with Crippen LogP contribution in [-0.2, 0) is 9.47 Å². The lowest BCUT2D eigenvalue weighted by Crippen LogP contribution is -2.61. The molecule has 0 aromatic carbocycles.